The number of aliphatic hydroxyl groups is 1. The van der Waals surface area contributed by atoms with Gasteiger partial charge in [0.05, 0.1) is 6.10 Å². The molecular weight excluding hydrogens is 140 g/mol. The summed E-state index contributed by atoms with van der Waals surface area (Å²) in [7, 11) is 0. The Morgan fingerprint density at radius 1 is 1.55 bits per heavy atom. The van der Waals surface area contributed by atoms with E-state index in [4.69, 9.17) is 9.84 Å². The molecule has 2 atom stereocenters. The highest BCUT2D eigenvalue weighted by Crippen LogP contribution is 2.28. The zero-order chi connectivity index (χ0) is 8.27. The van der Waals surface area contributed by atoms with E-state index in [1.165, 1.54) is 6.42 Å². The summed E-state index contributed by atoms with van der Waals surface area (Å²) < 4.78 is 5.40. The van der Waals surface area contributed by atoms with Crippen molar-refractivity contribution in [2.24, 2.45) is 11.8 Å². The Labute approximate surface area is 68.6 Å². The fourth-order valence-corrected chi connectivity index (χ4v) is 1.69. The van der Waals surface area contributed by atoms with Crippen LogP contribution in [-0.2, 0) is 4.74 Å². The largest absolute Gasteiger partial charge is 0.396 e. The molecule has 0 saturated carbocycles. The van der Waals surface area contributed by atoms with Gasteiger partial charge in [0.1, 0.15) is 0 Å². The van der Waals surface area contributed by atoms with Crippen molar-refractivity contribution in [3.8, 4) is 0 Å². The van der Waals surface area contributed by atoms with Crippen LogP contribution in [0.3, 0.4) is 0 Å². The topological polar surface area (TPSA) is 29.5 Å². The zero-order valence-electron chi connectivity index (χ0n) is 7.42. The highest BCUT2D eigenvalue weighted by molar-refractivity contribution is 4.78. The zero-order valence-corrected chi connectivity index (χ0v) is 7.42. The first-order valence-corrected chi connectivity index (χ1v) is 4.48. The second kappa shape index (κ2) is 4.07. The Hall–Kier alpha value is -0.0800. The lowest BCUT2D eigenvalue weighted by Gasteiger charge is -2.36. The third kappa shape index (κ3) is 2.17. The van der Waals surface area contributed by atoms with E-state index in [0.29, 0.717) is 24.5 Å². The highest BCUT2D eigenvalue weighted by Gasteiger charge is 2.29. The number of rotatable bonds is 4. The molecular formula is C9H18O2. The second-order valence-corrected chi connectivity index (χ2v) is 3.62. The molecule has 1 aliphatic heterocycles. The van der Waals surface area contributed by atoms with Crippen LogP contribution < -0.4 is 0 Å². The fourth-order valence-electron chi connectivity index (χ4n) is 1.69. The molecule has 1 heterocycles. The number of aliphatic hydroxyl groups excluding tert-OH is 1. The van der Waals surface area contributed by atoms with Gasteiger partial charge in [-0.1, -0.05) is 13.8 Å². The number of hydrogen-bond acceptors (Lipinski definition) is 2. The summed E-state index contributed by atoms with van der Waals surface area (Å²) in [6.45, 7) is 5.60. The molecule has 0 aliphatic carbocycles. The third-order valence-corrected chi connectivity index (χ3v) is 2.53. The van der Waals surface area contributed by atoms with Crippen LogP contribution in [0.25, 0.3) is 0 Å². The summed E-state index contributed by atoms with van der Waals surface area (Å²) in [6.07, 6.45) is 2.51. The van der Waals surface area contributed by atoms with Crippen LogP contribution in [0.4, 0.5) is 0 Å². The highest BCUT2D eigenvalue weighted by atomic mass is 16.5. The molecule has 1 fully saturated rings. The molecule has 2 heteroatoms. The maximum atomic E-state index is 8.80. The van der Waals surface area contributed by atoms with E-state index in [-0.39, 0.29) is 0 Å². The summed E-state index contributed by atoms with van der Waals surface area (Å²) in [5.74, 6) is 1.20. The van der Waals surface area contributed by atoms with E-state index in [2.05, 4.69) is 13.8 Å². The average Bonchev–Trinajstić information content (AvgIpc) is 1.82. The second-order valence-electron chi connectivity index (χ2n) is 3.62. The van der Waals surface area contributed by atoms with Gasteiger partial charge in [-0.3, -0.25) is 0 Å². The van der Waals surface area contributed by atoms with Crippen molar-refractivity contribution in [1.29, 1.82) is 0 Å². The molecule has 2 unspecified atom stereocenters. The van der Waals surface area contributed by atoms with E-state index in [9.17, 15) is 0 Å². The molecule has 0 spiro atoms. The van der Waals surface area contributed by atoms with Crippen molar-refractivity contribution in [3.05, 3.63) is 0 Å². The number of ether oxygens (including phenoxy) is 1. The lowest BCUT2D eigenvalue weighted by atomic mass is 9.84. The van der Waals surface area contributed by atoms with E-state index in [1.54, 1.807) is 0 Å². The first kappa shape index (κ1) is 9.01. The summed E-state index contributed by atoms with van der Waals surface area (Å²) in [6, 6.07) is 0. The maximum Gasteiger partial charge on any atom is 0.0628 e. The monoisotopic (exact) mass is 158 g/mol. The number of hydrogen-bond donors (Lipinski definition) is 1. The molecule has 66 valence electrons. The van der Waals surface area contributed by atoms with Crippen LogP contribution in [0.2, 0.25) is 0 Å². The standard InChI is InChI=1S/C9H18O2/c1-7(2)8(3-5-10)9-4-6-11-9/h7-10H,3-6H2,1-2H3. The van der Waals surface area contributed by atoms with E-state index >= 15 is 0 Å². The molecule has 1 saturated heterocycles. The summed E-state index contributed by atoms with van der Waals surface area (Å²) in [5.41, 5.74) is 0. The van der Waals surface area contributed by atoms with Crippen LogP contribution in [0.15, 0.2) is 0 Å². The smallest absolute Gasteiger partial charge is 0.0628 e. The molecule has 2 nitrogen and oxygen atoms in total. The third-order valence-electron chi connectivity index (χ3n) is 2.53. The van der Waals surface area contributed by atoms with Crippen molar-refractivity contribution in [2.75, 3.05) is 13.2 Å². The van der Waals surface area contributed by atoms with Gasteiger partial charge in [-0.2, -0.15) is 0 Å². The lowest BCUT2D eigenvalue weighted by Crippen LogP contribution is -2.37. The van der Waals surface area contributed by atoms with Gasteiger partial charge >= 0.3 is 0 Å². The molecule has 0 aromatic rings. The van der Waals surface area contributed by atoms with E-state index in [1.807, 2.05) is 0 Å². The van der Waals surface area contributed by atoms with Gasteiger partial charge in [0, 0.05) is 13.2 Å². The normalized spacial score (nSPS) is 26.7. The molecule has 0 radical (unpaired) electrons. The predicted molar refractivity (Wildman–Crippen MR) is 44.4 cm³/mol. The Kier molecular flexibility index (Phi) is 3.34. The van der Waals surface area contributed by atoms with Crippen LogP contribution in [0.5, 0.6) is 0 Å². The maximum absolute atomic E-state index is 8.80. The Morgan fingerprint density at radius 3 is 2.45 bits per heavy atom. The molecule has 0 aromatic carbocycles. The molecule has 0 aromatic heterocycles. The van der Waals surface area contributed by atoms with Crippen molar-refractivity contribution in [2.45, 2.75) is 32.8 Å². The molecule has 1 N–H and O–H groups in total. The van der Waals surface area contributed by atoms with Gasteiger partial charge < -0.3 is 9.84 Å². The first-order chi connectivity index (χ1) is 5.25. The molecule has 11 heavy (non-hydrogen) atoms. The van der Waals surface area contributed by atoms with Gasteiger partial charge in [0.2, 0.25) is 0 Å². The Balaban J connectivity index is 2.31. The van der Waals surface area contributed by atoms with Crippen molar-refractivity contribution in [3.63, 3.8) is 0 Å². The average molecular weight is 158 g/mol. The van der Waals surface area contributed by atoms with Gasteiger partial charge in [0.25, 0.3) is 0 Å². The summed E-state index contributed by atoms with van der Waals surface area (Å²) in [5, 5.41) is 8.80. The van der Waals surface area contributed by atoms with Crippen LogP contribution >= 0.6 is 0 Å². The lowest BCUT2D eigenvalue weighted by molar-refractivity contribution is -0.0994. The van der Waals surface area contributed by atoms with Gasteiger partial charge in [-0.25, -0.2) is 0 Å². The minimum atomic E-state index is 0.294. The van der Waals surface area contributed by atoms with E-state index < -0.39 is 0 Å². The van der Waals surface area contributed by atoms with Crippen molar-refractivity contribution >= 4 is 0 Å². The minimum Gasteiger partial charge on any atom is -0.396 e. The predicted octanol–water partition coefficient (Wildman–Crippen LogP) is 1.43. The van der Waals surface area contributed by atoms with E-state index in [0.717, 1.165) is 13.0 Å². The summed E-state index contributed by atoms with van der Waals surface area (Å²) in [4.78, 5) is 0. The van der Waals surface area contributed by atoms with Crippen LogP contribution in [0.1, 0.15) is 26.7 Å². The SMILES string of the molecule is CC(C)C(CCO)C1CCO1. The van der Waals surface area contributed by atoms with Gasteiger partial charge in [-0.15, -0.1) is 0 Å². The quantitative estimate of drug-likeness (QED) is 0.670. The fraction of sp³-hybridized carbons (Fsp3) is 1.00. The summed E-state index contributed by atoms with van der Waals surface area (Å²) >= 11 is 0. The molecule has 0 amide bonds. The Morgan fingerprint density at radius 2 is 2.18 bits per heavy atom. The Bertz CT molecular complexity index is 108. The van der Waals surface area contributed by atoms with Crippen molar-refractivity contribution in [1.82, 2.24) is 0 Å². The first-order valence-electron chi connectivity index (χ1n) is 4.48. The van der Waals surface area contributed by atoms with Crippen LogP contribution in [-0.4, -0.2) is 24.4 Å². The van der Waals surface area contributed by atoms with Crippen LogP contribution in [0, 0.1) is 11.8 Å². The molecule has 1 rings (SSSR count). The van der Waals surface area contributed by atoms with Gasteiger partial charge in [0.15, 0.2) is 0 Å². The minimum absolute atomic E-state index is 0.294. The molecule has 0 bridgehead atoms. The van der Waals surface area contributed by atoms with Gasteiger partial charge in [-0.05, 0) is 24.7 Å². The molecule has 1 aliphatic rings. The van der Waals surface area contributed by atoms with Crippen molar-refractivity contribution < 1.29 is 9.84 Å².